The molecule has 0 radical (unpaired) electrons. The zero-order valence-electron chi connectivity index (χ0n) is 13.4. The van der Waals surface area contributed by atoms with Crippen molar-refractivity contribution in [3.05, 3.63) is 53.6 Å². The van der Waals surface area contributed by atoms with Crippen molar-refractivity contribution in [2.45, 2.75) is 25.4 Å². The van der Waals surface area contributed by atoms with Gasteiger partial charge in [0, 0.05) is 37.9 Å². The molecule has 0 aromatic heterocycles. The quantitative estimate of drug-likeness (QED) is 0.650. The van der Waals surface area contributed by atoms with E-state index in [-0.39, 0.29) is 0 Å². The van der Waals surface area contributed by atoms with Gasteiger partial charge in [-0.3, -0.25) is 0 Å². The molecule has 2 aromatic rings. The summed E-state index contributed by atoms with van der Waals surface area (Å²) in [7, 11) is 0. The molecule has 2 aliphatic rings. The van der Waals surface area contributed by atoms with Crippen LogP contribution >= 0.6 is 0 Å². The summed E-state index contributed by atoms with van der Waals surface area (Å²) in [6, 6.07) is 15.6. The van der Waals surface area contributed by atoms with Gasteiger partial charge in [-0.1, -0.05) is 24.3 Å². The number of para-hydroxylation sites is 1. The molecule has 2 heterocycles. The van der Waals surface area contributed by atoms with Crippen LogP contribution in [-0.2, 0) is 6.54 Å². The molecule has 4 N–H and O–H groups in total. The van der Waals surface area contributed by atoms with Crippen molar-refractivity contribution in [2.75, 3.05) is 35.6 Å². The van der Waals surface area contributed by atoms with Crippen LogP contribution in [-0.4, -0.2) is 19.6 Å². The van der Waals surface area contributed by atoms with Crippen LogP contribution in [0.1, 0.15) is 30.0 Å². The first kappa shape index (κ1) is 14.4. The lowest BCUT2D eigenvalue weighted by Crippen LogP contribution is -2.24. The lowest BCUT2D eigenvalue weighted by atomic mass is 10.0. The highest BCUT2D eigenvalue weighted by Crippen LogP contribution is 2.29. The van der Waals surface area contributed by atoms with Gasteiger partial charge in [-0.25, -0.2) is 0 Å². The lowest BCUT2D eigenvalue weighted by Gasteiger charge is -2.22. The van der Waals surface area contributed by atoms with Gasteiger partial charge in [0.15, 0.2) is 0 Å². The van der Waals surface area contributed by atoms with Gasteiger partial charge in [0.1, 0.15) is 0 Å². The van der Waals surface area contributed by atoms with Crippen LogP contribution in [0.4, 0.5) is 17.1 Å². The van der Waals surface area contributed by atoms with Crippen LogP contribution in [0.25, 0.3) is 0 Å². The molecule has 23 heavy (non-hydrogen) atoms. The maximum Gasteiger partial charge on any atom is 0.0579 e. The third kappa shape index (κ3) is 3.13. The molecule has 0 spiro atoms. The molecule has 0 amide bonds. The normalized spacial score (nSPS) is 20.4. The first-order valence-corrected chi connectivity index (χ1v) is 8.57. The zero-order chi connectivity index (χ0) is 15.5. The summed E-state index contributed by atoms with van der Waals surface area (Å²) in [6.07, 6.45) is 2.44. The third-order valence-corrected chi connectivity index (χ3v) is 4.73. The van der Waals surface area contributed by atoms with Gasteiger partial charge < -0.3 is 21.3 Å². The van der Waals surface area contributed by atoms with Gasteiger partial charge in [-0.2, -0.15) is 0 Å². The Morgan fingerprint density at radius 2 is 1.61 bits per heavy atom. The second-order valence-corrected chi connectivity index (χ2v) is 6.34. The van der Waals surface area contributed by atoms with Crippen molar-refractivity contribution in [3.63, 3.8) is 0 Å². The van der Waals surface area contributed by atoms with Gasteiger partial charge in [-0.05, 0) is 42.2 Å². The predicted octanol–water partition coefficient (Wildman–Crippen LogP) is 3.56. The van der Waals surface area contributed by atoms with E-state index in [1.54, 1.807) is 0 Å². The van der Waals surface area contributed by atoms with Gasteiger partial charge in [0.05, 0.1) is 11.4 Å². The zero-order valence-corrected chi connectivity index (χ0v) is 13.4. The number of nitrogens with one attached hydrogen (secondary N) is 4. The smallest absolute Gasteiger partial charge is 0.0579 e. The minimum atomic E-state index is 0.319. The average Bonchev–Trinajstić information content (AvgIpc) is 2.78. The van der Waals surface area contributed by atoms with Crippen LogP contribution in [0.2, 0.25) is 0 Å². The van der Waals surface area contributed by atoms with E-state index in [1.807, 2.05) is 0 Å². The van der Waals surface area contributed by atoms with Crippen molar-refractivity contribution < 1.29 is 0 Å². The Morgan fingerprint density at radius 1 is 0.783 bits per heavy atom. The molecule has 1 atom stereocenters. The van der Waals surface area contributed by atoms with Crippen molar-refractivity contribution in [2.24, 2.45) is 0 Å². The summed E-state index contributed by atoms with van der Waals surface area (Å²) in [5.41, 5.74) is 6.36. The molecule has 0 saturated heterocycles. The van der Waals surface area contributed by atoms with E-state index in [9.17, 15) is 0 Å². The molecule has 0 fully saturated rings. The summed E-state index contributed by atoms with van der Waals surface area (Å²) in [5, 5.41) is 14.3. The maximum atomic E-state index is 3.68. The van der Waals surface area contributed by atoms with Crippen molar-refractivity contribution >= 4 is 17.1 Å². The highest BCUT2D eigenvalue weighted by molar-refractivity contribution is 5.70. The minimum Gasteiger partial charge on any atom is -0.383 e. The van der Waals surface area contributed by atoms with Crippen molar-refractivity contribution in [1.29, 1.82) is 0 Å². The average molecular weight is 308 g/mol. The van der Waals surface area contributed by atoms with Crippen LogP contribution < -0.4 is 21.3 Å². The summed E-state index contributed by atoms with van der Waals surface area (Å²) in [6.45, 7) is 3.92. The Morgan fingerprint density at radius 3 is 2.52 bits per heavy atom. The fourth-order valence-electron chi connectivity index (χ4n) is 3.38. The SMILES string of the molecule is c1ccc2c(c1)CNC(c1ccc3c(c1)NCCCCN3)CN2. The van der Waals surface area contributed by atoms with E-state index in [1.165, 1.54) is 41.0 Å². The monoisotopic (exact) mass is 308 g/mol. The van der Waals surface area contributed by atoms with Gasteiger partial charge in [-0.15, -0.1) is 0 Å². The summed E-state index contributed by atoms with van der Waals surface area (Å²) in [5.74, 6) is 0. The van der Waals surface area contributed by atoms with E-state index < -0.39 is 0 Å². The van der Waals surface area contributed by atoms with Crippen LogP contribution in [0.3, 0.4) is 0 Å². The number of hydrogen-bond acceptors (Lipinski definition) is 4. The standard InChI is InChI=1S/C19H24N4/c1-2-6-16-15(5-1)12-22-19(13-23-16)14-7-8-17-18(11-14)21-10-4-3-9-20-17/h1-2,5-8,11,19-23H,3-4,9-10,12-13H2. The number of anilines is 3. The molecule has 2 aliphatic heterocycles. The third-order valence-electron chi connectivity index (χ3n) is 4.73. The largest absolute Gasteiger partial charge is 0.383 e. The molecule has 0 saturated carbocycles. The second-order valence-electron chi connectivity index (χ2n) is 6.34. The van der Waals surface area contributed by atoms with E-state index in [2.05, 4.69) is 63.7 Å². The van der Waals surface area contributed by atoms with Crippen LogP contribution in [0, 0.1) is 0 Å². The topological polar surface area (TPSA) is 48.1 Å². The summed E-state index contributed by atoms with van der Waals surface area (Å²) < 4.78 is 0. The summed E-state index contributed by atoms with van der Waals surface area (Å²) in [4.78, 5) is 0. The maximum absolute atomic E-state index is 3.68. The molecular formula is C19H24N4. The van der Waals surface area contributed by atoms with E-state index in [0.717, 1.165) is 26.2 Å². The van der Waals surface area contributed by atoms with Gasteiger partial charge in [0.2, 0.25) is 0 Å². The first-order valence-electron chi connectivity index (χ1n) is 8.57. The highest BCUT2D eigenvalue weighted by atomic mass is 15.0. The molecule has 0 aliphatic carbocycles. The molecule has 4 heteroatoms. The molecule has 0 bridgehead atoms. The fraction of sp³-hybridized carbons (Fsp3) is 0.368. The van der Waals surface area contributed by atoms with Gasteiger partial charge in [0.25, 0.3) is 0 Å². The molecule has 4 nitrogen and oxygen atoms in total. The Labute approximate surface area is 137 Å². The Kier molecular flexibility index (Phi) is 4.07. The Balaban J connectivity index is 1.55. The van der Waals surface area contributed by atoms with E-state index in [4.69, 9.17) is 0 Å². The Bertz CT molecular complexity index is 656. The number of hydrogen-bond donors (Lipinski definition) is 4. The first-order chi connectivity index (χ1) is 11.4. The van der Waals surface area contributed by atoms with E-state index in [0.29, 0.717) is 6.04 Å². The molecule has 2 aromatic carbocycles. The molecule has 1 unspecified atom stereocenters. The van der Waals surface area contributed by atoms with Crippen molar-refractivity contribution in [1.82, 2.24) is 5.32 Å². The number of rotatable bonds is 1. The van der Waals surface area contributed by atoms with Crippen LogP contribution in [0.5, 0.6) is 0 Å². The fourth-order valence-corrected chi connectivity index (χ4v) is 3.38. The lowest BCUT2D eigenvalue weighted by molar-refractivity contribution is 0.566. The minimum absolute atomic E-state index is 0.319. The van der Waals surface area contributed by atoms with Crippen LogP contribution in [0.15, 0.2) is 42.5 Å². The number of fused-ring (bicyclic) bond motifs is 2. The Hall–Kier alpha value is -2.20. The highest BCUT2D eigenvalue weighted by Gasteiger charge is 2.17. The predicted molar refractivity (Wildman–Crippen MR) is 97.2 cm³/mol. The number of benzene rings is 2. The van der Waals surface area contributed by atoms with E-state index >= 15 is 0 Å². The summed E-state index contributed by atoms with van der Waals surface area (Å²) >= 11 is 0. The second kappa shape index (κ2) is 6.50. The van der Waals surface area contributed by atoms with Crippen molar-refractivity contribution in [3.8, 4) is 0 Å². The molecule has 4 rings (SSSR count). The molecular weight excluding hydrogens is 284 g/mol. The molecule has 120 valence electrons. The van der Waals surface area contributed by atoms with Gasteiger partial charge >= 0.3 is 0 Å².